The van der Waals surface area contributed by atoms with Crippen molar-refractivity contribution in [1.29, 1.82) is 0 Å². The molecule has 0 aromatic heterocycles. The summed E-state index contributed by atoms with van der Waals surface area (Å²) in [4.78, 5) is 13.8. The molecule has 2 aromatic carbocycles. The molecule has 0 aliphatic rings. The number of benzene rings is 2. The van der Waals surface area contributed by atoms with Crippen LogP contribution in [-0.4, -0.2) is 24.4 Å². The normalized spacial score (nSPS) is 10.8. The molecule has 0 radical (unpaired) electrons. The maximum absolute atomic E-state index is 13.7. The van der Waals surface area contributed by atoms with Gasteiger partial charge in [-0.25, -0.2) is 4.39 Å². The molecule has 0 bridgehead atoms. The highest BCUT2D eigenvalue weighted by Gasteiger charge is 2.10. The molecule has 22 heavy (non-hydrogen) atoms. The van der Waals surface area contributed by atoms with Gasteiger partial charge in [0.2, 0.25) is 5.91 Å². The molecule has 1 amide bonds. The first kappa shape index (κ1) is 16.5. The van der Waals surface area contributed by atoms with Gasteiger partial charge in [0.15, 0.2) is 0 Å². The van der Waals surface area contributed by atoms with Crippen LogP contribution in [0.15, 0.2) is 42.5 Å². The predicted octanol–water partition coefficient (Wildman–Crippen LogP) is 3.86. The zero-order chi connectivity index (χ0) is 16.1. The number of nitrogens with one attached hydrogen (secondary N) is 1. The number of hydrogen-bond donors (Lipinski definition) is 1. The van der Waals surface area contributed by atoms with E-state index in [1.54, 1.807) is 25.1 Å². The Morgan fingerprint density at radius 3 is 2.73 bits per heavy atom. The average Bonchev–Trinajstić information content (AvgIpc) is 2.41. The van der Waals surface area contributed by atoms with Crippen molar-refractivity contribution in [3.63, 3.8) is 0 Å². The van der Waals surface area contributed by atoms with E-state index in [-0.39, 0.29) is 18.1 Å². The Morgan fingerprint density at radius 2 is 2.05 bits per heavy atom. The summed E-state index contributed by atoms with van der Waals surface area (Å²) in [6, 6.07) is 12.2. The van der Waals surface area contributed by atoms with Gasteiger partial charge in [0, 0.05) is 11.6 Å². The van der Waals surface area contributed by atoms with Gasteiger partial charge in [0.05, 0.1) is 12.2 Å². The Hall–Kier alpha value is -1.91. The summed E-state index contributed by atoms with van der Waals surface area (Å²) in [7, 11) is 1.83. The molecule has 2 rings (SSSR count). The standard InChI is InChI=1S/C17H18ClFN2O/c1-12-6-7-16(15(19)8-12)20-17(22)11-21(2)10-13-4-3-5-14(18)9-13/h3-9H,10-11H2,1-2H3,(H,20,22). The summed E-state index contributed by atoms with van der Waals surface area (Å²) in [5.74, 6) is -0.682. The molecule has 0 saturated carbocycles. The third kappa shape index (κ3) is 4.83. The van der Waals surface area contributed by atoms with Gasteiger partial charge < -0.3 is 5.32 Å². The zero-order valence-corrected chi connectivity index (χ0v) is 13.3. The van der Waals surface area contributed by atoms with Crippen LogP contribution in [0.4, 0.5) is 10.1 Å². The smallest absolute Gasteiger partial charge is 0.238 e. The van der Waals surface area contributed by atoms with Gasteiger partial charge in [-0.15, -0.1) is 0 Å². The van der Waals surface area contributed by atoms with E-state index in [2.05, 4.69) is 5.32 Å². The van der Waals surface area contributed by atoms with Crippen molar-refractivity contribution in [3.8, 4) is 0 Å². The predicted molar refractivity (Wildman–Crippen MR) is 87.6 cm³/mol. The Kier molecular flexibility index (Phi) is 5.52. The summed E-state index contributed by atoms with van der Waals surface area (Å²) >= 11 is 5.93. The number of aryl methyl sites for hydroxylation is 1. The minimum atomic E-state index is -0.425. The Morgan fingerprint density at radius 1 is 1.27 bits per heavy atom. The van der Waals surface area contributed by atoms with E-state index < -0.39 is 5.82 Å². The Bertz CT molecular complexity index is 675. The van der Waals surface area contributed by atoms with Gasteiger partial charge in [0.25, 0.3) is 0 Å². The van der Waals surface area contributed by atoms with Crippen LogP contribution in [0.1, 0.15) is 11.1 Å². The lowest BCUT2D eigenvalue weighted by Gasteiger charge is -2.16. The lowest BCUT2D eigenvalue weighted by atomic mass is 10.2. The van der Waals surface area contributed by atoms with Crippen LogP contribution in [-0.2, 0) is 11.3 Å². The van der Waals surface area contributed by atoms with Crippen LogP contribution >= 0.6 is 11.6 Å². The Balaban J connectivity index is 1.91. The molecule has 0 aliphatic carbocycles. The van der Waals surface area contributed by atoms with Crippen molar-refractivity contribution in [2.45, 2.75) is 13.5 Å². The van der Waals surface area contributed by atoms with Crippen molar-refractivity contribution in [3.05, 3.63) is 64.4 Å². The maximum atomic E-state index is 13.7. The second-order valence-corrected chi connectivity index (χ2v) is 5.77. The van der Waals surface area contributed by atoms with Crippen molar-refractivity contribution in [2.75, 3.05) is 18.9 Å². The molecule has 5 heteroatoms. The van der Waals surface area contributed by atoms with Crippen LogP contribution in [0.3, 0.4) is 0 Å². The molecule has 0 spiro atoms. The fourth-order valence-electron chi connectivity index (χ4n) is 2.16. The van der Waals surface area contributed by atoms with Crippen molar-refractivity contribution >= 4 is 23.2 Å². The third-order valence-corrected chi connectivity index (χ3v) is 3.39. The topological polar surface area (TPSA) is 32.3 Å². The summed E-state index contributed by atoms with van der Waals surface area (Å²) in [5.41, 5.74) is 2.03. The molecule has 0 unspecified atom stereocenters. The average molecular weight is 321 g/mol. The van der Waals surface area contributed by atoms with E-state index in [0.717, 1.165) is 11.1 Å². The van der Waals surface area contributed by atoms with Crippen LogP contribution < -0.4 is 5.32 Å². The minimum Gasteiger partial charge on any atom is -0.322 e. The lowest BCUT2D eigenvalue weighted by molar-refractivity contribution is -0.117. The molecular formula is C17H18ClFN2O. The number of amides is 1. The van der Waals surface area contributed by atoms with E-state index in [9.17, 15) is 9.18 Å². The first-order chi connectivity index (χ1) is 10.4. The number of likely N-dealkylation sites (N-methyl/N-ethyl adjacent to an activating group) is 1. The fraction of sp³-hybridized carbons (Fsp3) is 0.235. The number of halogens is 2. The second-order valence-electron chi connectivity index (χ2n) is 5.33. The fourth-order valence-corrected chi connectivity index (χ4v) is 2.37. The molecule has 2 aromatic rings. The molecule has 0 fully saturated rings. The van der Waals surface area contributed by atoms with Crippen molar-refractivity contribution in [1.82, 2.24) is 4.90 Å². The van der Waals surface area contributed by atoms with Crippen molar-refractivity contribution in [2.24, 2.45) is 0 Å². The molecule has 0 atom stereocenters. The highest BCUT2D eigenvalue weighted by molar-refractivity contribution is 6.30. The molecular weight excluding hydrogens is 303 g/mol. The summed E-state index contributed by atoms with van der Waals surface area (Å²) in [5, 5.41) is 3.25. The molecule has 0 heterocycles. The van der Waals surface area contributed by atoms with Crippen LogP contribution in [0.5, 0.6) is 0 Å². The SMILES string of the molecule is Cc1ccc(NC(=O)CN(C)Cc2cccc(Cl)c2)c(F)c1. The minimum absolute atomic E-state index is 0.166. The van der Waals surface area contributed by atoms with Crippen LogP contribution in [0.25, 0.3) is 0 Å². The van der Waals surface area contributed by atoms with Crippen LogP contribution in [0.2, 0.25) is 5.02 Å². The first-order valence-electron chi connectivity index (χ1n) is 6.93. The molecule has 0 aliphatic heterocycles. The van der Waals surface area contributed by atoms with Crippen LogP contribution in [0, 0.1) is 12.7 Å². The molecule has 116 valence electrons. The maximum Gasteiger partial charge on any atom is 0.238 e. The van der Waals surface area contributed by atoms with E-state index in [1.807, 2.05) is 30.1 Å². The van der Waals surface area contributed by atoms with Gasteiger partial charge in [-0.3, -0.25) is 9.69 Å². The Labute approximate surface area is 134 Å². The number of carbonyl (C=O) groups is 1. The molecule has 1 N–H and O–H groups in total. The van der Waals surface area contributed by atoms with Crippen molar-refractivity contribution < 1.29 is 9.18 Å². The highest BCUT2D eigenvalue weighted by atomic mass is 35.5. The number of carbonyl (C=O) groups excluding carboxylic acids is 1. The monoisotopic (exact) mass is 320 g/mol. The molecule has 0 saturated heterocycles. The molecule has 3 nitrogen and oxygen atoms in total. The van der Waals surface area contributed by atoms with E-state index in [1.165, 1.54) is 6.07 Å². The zero-order valence-electron chi connectivity index (χ0n) is 12.6. The number of hydrogen-bond acceptors (Lipinski definition) is 2. The first-order valence-corrected chi connectivity index (χ1v) is 7.31. The third-order valence-electron chi connectivity index (χ3n) is 3.15. The second kappa shape index (κ2) is 7.38. The summed E-state index contributed by atoms with van der Waals surface area (Å²) in [6.45, 7) is 2.55. The number of nitrogens with zero attached hydrogens (tertiary/aromatic N) is 1. The van der Waals surface area contributed by atoms with Gasteiger partial charge in [-0.2, -0.15) is 0 Å². The number of rotatable bonds is 5. The van der Waals surface area contributed by atoms with Gasteiger partial charge in [-0.05, 0) is 49.4 Å². The van der Waals surface area contributed by atoms with E-state index in [0.29, 0.717) is 11.6 Å². The highest BCUT2D eigenvalue weighted by Crippen LogP contribution is 2.15. The summed E-state index contributed by atoms with van der Waals surface area (Å²) < 4.78 is 13.7. The van der Waals surface area contributed by atoms with E-state index >= 15 is 0 Å². The van der Waals surface area contributed by atoms with Gasteiger partial charge in [-0.1, -0.05) is 29.8 Å². The van der Waals surface area contributed by atoms with Gasteiger partial charge in [0.1, 0.15) is 5.82 Å². The summed E-state index contributed by atoms with van der Waals surface area (Å²) in [6.07, 6.45) is 0. The number of anilines is 1. The van der Waals surface area contributed by atoms with E-state index in [4.69, 9.17) is 11.6 Å². The quantitative estimate of drug-likeness (QED) is 0.907. The van der Waals surface area contributed by atoms with Gasteiger partial charge >= 0.3 is 0 Å². The lowest BCUT2D eigenvalue weighted by Crippen LogP contribution is -2.30. The largest absolute Gasteiger partial charge is 0.322 e.